The maximum absolute atomic E-state index is 12.4. The summed E-state index contributed by atoms with van der Waals surface area (Å²) in [5.41, 5.74) is 5.58. The Balaban J connectivity index is 1.58. The number of para-hydroxylation sites is 1. The van der Waals surface area contributed by atoms with Crippen LogP contribution in [0.1, 0.15) is 22.5 Å². The molecule has 7 heteroatoms. The standard InChI is InChI=1S/C26H27N3O4/c1-18-15-21(19(2)29(18)23-7-5-4-6-8-23)11-14-24(30)28-22-12-9-20(10-13-22)16-25(31)27-17-26(32)33-3/h4-15H,16-17H2,1-3H3,(H,27,31)(H,28,30)/b14-11+. The van der Waals surface area contributed by atoms with Crippen LogP contribution in [0, 0.1) is 13.8 Å². The zero-order valence-electron chi connectivity index (χ0n) is 18.9. The molecule has 0 atom stereocenters. The Morgan fingerprint density at radius 3 is 2.36 bits per heavy atom. The maximum atomic E-state index is 12.4. The van der Waals surface area contributed by atoms with Gasteiger partial charge in [0.1, 0.15) is 6.54 Å². The van der Waals surface area contributed by atoms with Crippen molar-refractivity contribution < 1.29 is 19.1 Å². The Bertz CT molecular complexity index is 1160. The number of rotatable bonds is 8. The number of methoxy groups -OCH3 is 1. The van der Waals surface area contributed by atoms with Gasteiger partial charge in [-0.25, -0.2) is 0 Å². The number of hydrogen-bond acceptors (Lipinski definition) is 4. The molecule has 0 saturated heterocycles. The van der Waals surface area contributed by atoms with Crippen LogP contribution in [-0.2, 0) is 25.5 Å². The van der Waals surface area contributed by atoms with Gasteiger partial charge >= 0.3 is 5.97 Å². The molecule has 0 spiro atoms. The van der Waals surface area contributed by atoms with Crippen molar-refractivity contribution in [2.24, 2.45) is 0 Å². The summed E-state index contributed by atoms with van der Waals surface area (Å²) in [5, 5.41) is 5.31. The molecule has 3 rings (SSSR count). The molecule has 0 aliphatic carbocycles. The minimum absolute atomic E-state index is 0.127. The quantitative estimate of drug-likeness (QED) is 0.410. The van der Waals surface area contributed by atoms with Gasteiger partial charge in [0, 0.05) is 28.8 Å². The summed E-state index contributed by atoms with van der Waals surface area (Å²) < 4.78 is 6.64. The Morgan fingerprint density at radius 1 is 1.00 bits per heavy atom. The average molecular weight is 446 g/mol. The summed E-state index contributed by atoms with van der Waals surface area (Å²) in [6, 6.07) is 19.1. The van der Waals surface area contributed by atoms with E-state index in [0.717, 1.165) is 28.2 Å². The molecule has 0 aliphatic rings. The van der Waals surface area contributed by atoms with Gasteiger partial charge in [-0.15, -0.1) is 0 Å². The lowest BCUT2D eigenvalue weighted by atomic mass is 10.1. The fraction of sp³-hybridized carbons (Fsp3) is 0.192. The van der Waals surface area contributed by atoms with Crippen LogP contribution in [0.5, 0.6) is 0 Å². The number of ether oxygens (including phenoxy) is 1. The highest BCUT2D eigenvalue weighted by molar-refractivity contribution is 6.02. The lowest BCUT2D eigenvalue weighted by Crippen LogP contribution is -2.31. The number of amides is 2. The van der Waals surface area contributed by atoms with Crippen LogP contribution in [0.25, 0.3) is 11.8 Å². The Hall–Kier alpha value is -4.13. The number of nitrogens with zero attached hydrogens (tertiary/aromatic N) is 1. The van der Waals surface area contributed by atoms with Crippen molar-refractivity contribution in [2.75, 3.05) is 19.0 Å². The number of esters is 1. The first-order valence-electron chi connectivity index (χ1n) is 10.5. The summed E-state index contributed by atoms with van der Waals surface area (Å²) in [6.07, 6.45) is 3.44. The van der Waals surface area contributed by atoms with Crippen LogP contribution in [0.15, 0.2) is 66.7 Å². The van der Waals surface area contributed by atoms with Gasteiger partial charge in [-0.3, -0.25) is 14.4 Å². The predicted octanol–water partition coefficient (Wildman–Crippen LogP) is 3.58. The van der Waals surface area contributed by atoms with E-state index in [-0.39, 0.29) is 24.8 Å². The topological polar surface area (TPSA) is 89.4 Å². The molecule has 170 valence electrons. The van der Waals surface area contributed by atoms with E-state index in [9.17, 15) is 14.4 Å². The number of nitrogens with one attached hydrogen (secondary N) is 2. The third-order valence-electron chi connectivity index (χ3n) is 5.14. The van der Waals surface area contributed by atoms with Crippen molar-refractivity contribution in [3.05, 3.63) is 89.3 Å². The third kappa shape index (κ3) is 6.43. The van der Waals surface area contributed by atoms with Crippen LogP contribution in [0.3, 0.4) is 0 Å². The van der Waals surface area contributed by atoms with Gasteiger partial charge < -0.3 is 19.9 Å². The number of carbonyl (C=O) groups excluding carboxylic acids is 3. The van der Waals surface area contributed by atoms with E-state index in [1.165, 1.54) is 13.2 Å². The highest BCUT2D eigenvalue weighted by Crippen LogP contribution is 2.21. The van der Waals surface area contributed by atoms with Crippen LogP contribution in [0.2, 0.25) is 0 Å². The molecule has 0 unspecified atom stereocenters. The van der Waals surface area contributed by atoms with Crippen LogP contribution in [0.4, 0.5) is 5.69 Å². The van der Waals surface area contributed by atoms with E-state index in [1.807, 2.05) is 50.2 Å². The molecule has 2 N–H and O–H groups in total. The highest BCUT2D eigenvalue weighted by atomic mass is 16.5. The third-order valence-corrected chi connectivity index (χ3v) is 5.14. The maximum Gasteiger partial charge on any atom is 0.325 e. The van der Waals surface area contributed by atoms with E-state index in [2.05, 4.69) is 19.9 Å². The van der Waals surface area contributed by atoms with Gasteiger partial charge in [0.05, 0.1) is 13.5 Å². The highest BCUT2D eigenvalue weighted by Gasteiger charge is 2.09. The molecule has 1 aromatic heterocycles. The van der Waals surface area contributed by atoms with Crippen molar-refractivity contribution in [1.29, 1.82) is 0 Å². The first kappa shape index (κ1) is 23.5. The lowest BCUT2D eigenvalue weighted by Gasteiger charge is -2.09. The normalized spacial score (nSPS) is 10.8. The van der Waals surface area contributed by atoms with E-state index < -0.39 is 5.97 Å². The van der Waals surface area contributed by atoms with Crippen LogP contribution < -0.4 is 10.6 Å². The average Bonchev–Trinajstić information content (AvgIpc) is 3.10. The van der Waals surface area contributed by atoms with Crippen LogP contribution in [-0.4, -0.2) is 36.0 Å². The summed E-state index contributed by atoms with van der Waals surface area (Å²) in [6.45, 7) is 3.90. The first-order valence-corrected chi connectivity index (χ1v) is 10.5. The molecule has 2 amide bonds. The zero-order valence-corrected chi connectivity index (χ0v) is 18.9. The van der Waals surface area contributed by atoms with Crippen molar-refractivity contribution in [3.63, 3.8) is 0 Å². The van der Waals surface area contributed by atoms with Gasteiger partial charge in [0.2, 0.25) is 11.8 Å². The van der Waals surface area contributed by atoms with Crippen LogP contribution >= 0.6 is 0 Å². The monoisotopic (exact) mass is 445 g/mol. The van der Waals surface area contributed by atoms with Crippen molar-refractivity contribution in [1.82, 2.24) is 9.88 Å². The summed E-state index contributed by atoms with van der Waals surface area (Å²) in [7, 11) is 1.26. The van der Waals surface area contributed by atoms with Gasteiger partial charge in [-0.1, -0.05) is 30.3 Å². The van der Waals surface area contributed by atoms with E-state index in [4.69, 9.17) is 0 Å². The number of aromatic nitrogens is 1. The molecule has 0 bridgehead atoms. The second kappa shape index (κ2) is 10.9. The molecular weight excluding hydrogens is 418 g/mol. The SMILES string of the molecule is COC(=O)CNC(=O)Cc1ccc(NC(=O)/C=C/c2cc(C)n(-c3ccccc3)c2C)cc1. The van der Waals surface area contributed by atoms with Gasteiger partial charge in [0.15, 0.2) is 0 Å². The smallest absolute Gasteiger partial charge is 0.325 e. The minimum Gasteiger partial charge on any atom is -0.468 e. The molecule has 0 fully saturated rings. The fourth-order valence-corrected chi connectivity index (χ4v) is 3.48. The molecule has 1 heterocycles. The number of hydrogen-bond donors (Lipinski definition) is 2. The number of anilines is 1. The summed E-state index contributed by atoms with van der Waals surface area (Å²) in [4.78, 5) is 35.3. The van der Waals surface area contributed by atoms with Gasteiger partial charge in [0.25, 0.3) is 0 Å². The van der Waals surface area contributed by atoms with Crippen molar-refractivity contribution in [2.45, 2.75) is 20.3 Å². The van der Waals surface area contributed by atoms with E-state index >= 15 is 0 Å². The summed E-state index contributed by atoms with van der Waals surface area (Å²) >= 11 is 0. The largest absolute Gasteiger partial charge is 0.468 e. The molecular formula is C26H27N3O4. The molecule has 0 saturated carbocycles. The van der Waals surface area contributed by atoms with E-state index in [0.29, 0.717) is 5.69 Å². The van der Waals surface area contributed by atoms with Gasteiger partial charge in [-0.2, -0.15) is 0 Å². The molecule has 33 heavy (non-hydrogen) atoms. The lowest BCUT2D eigenvalue weighted by molar-refractivity contribution is -0.141. The van der Waals surface area contributed by atoms with Crippen molar-refractivity contribution in [3.8, 4) is 5.69 Å². The molecule has 7 nitrogen and oxygen atoms in total. The minimum atomic E-state index is -0.503. The first-order chi connectivity index (χ1) is 15.9. The fourth-order valence-electron chi connectivity index (χ4n) is 3.48. The zero-order chi connectivity index (χ0) is 23.8. The number of benzene rings is 2. The predicted molar refractivity (Wildman–Crippen MR) is 128 cm³/mol. The molecule has 2 aromatic carbocycles. The van der Waals surface area contributed by atoms with E-state index in [1.54, 1.807) is 30.3 Å². The number of aryl methyl sites for hydroxylation is 1. The van der Waals surface area contributed by atoms with Crippen molar-refractivity contribution >= 4 is 29.5 Å². The Morgan fingerprint density at radius 2 is 1.70 bits per heavy atom. The summed E-state index contributed by atoms with van der Waals surface area (Å²) in [5.74, 6) is -1.03. The second-order valence-electron chi connectivity index (χ2n) is 7.55. The number of carbonyl (C=O) groups is 3. The molecule has 0 aliphatic heterocycles. The Kier molecular flexibility index (Phi) is 7.81. The molecule has 0 radical (unpaired) electrons. The van der Waals surface area contributed by atoms with Gasteiger partial charge in [-0.05, 0) is 61.4 Å². The second-order valence-corrected chi connectivity index (χ2v) is 7.55. The Labute approximate surface area is 193 Å². The molecule has 3 aromatic rings.